The standard InChI is InChI=1S/C13H14BrN3O2/c14-9-3-1-2-8(6-9)12-16-13(19-17-12)10-7-18-5-4-11(10)15/h1-3,6,10-11H,4-5,7,15H2. The largest absolute Gasteiger partial charge is 0.381 e. The molecule has 0 spiro atoms. The fraction of sp³-hybridized carbons (Fsp3) is 0.385. The van der Waals surface area contributed by atoms with E-state index in [1.54, 1.807) is 0 Å². The lowest BCUT2D eigenvalue weighted by Crippen LogP contribution is -2.37. The lowest BCUT2D eigenvalue weighted by Gasteiger charge is -2.25. The summed E-state index contributed by atoms with van der Waals surface area (Å²) in [5, 5.41) is 4.02. The number of hydrogen-bond acceptors (Lipinski definition) is 5. The van der Waals surface area contributed by atoms with Crippen molar-refractivity contribution >= 4 is 15.9 Å². The molecule has 2 unspecified atom stereocenters. The number of rotatable bonds is 2. The zero-order chi connectivity index (χ0) is 13.2. The van der Waals surface area contributed by atoms with E-state index < -0.39 is 0 Å². The van der Waals surface area contributed by atoms with Crippen LogP contribution in [0.3, 0.4) is 0 Å². The van der Waals surface area contributed by atoms with Crippen LogP contribution in [0.25, 0.3) is 11.4 Å². The first-order valence-electron chi connectivity index (χ1n) is 6.17. The predicted octanol–water partition coefficient (Wildman–Crippen LogP) is 2.33. The number of aromatic nitrogens is 2. The van der Waals surface area contributed by atoms with Crippen LogP contribution in [-0.4, -0.2) is 29.4 Å². The van der Waals surface area contributed by atoms with Gasteiger partial charge in [0, 0.05) is 22.7 Å². The summed E-state index contributed by atoms with van der Waals surface area (Å²) in [6, 6.07) is 7.80. The van der Waals surface area contributed by atoms with Gasteiger partial charge in [-0.2, -0.15) is 4.98 Å². The van der Waals surface area contributed by atoms with Crippen molar-refractivity contribution < 1.29 is 9.26 Å². The molecule has 5 nitrogen and oxygen atoms in total. The number of ether oxygens (including phenoxy) is 1. The first kappa shape index (κ1) is 12.8. The molecule has 2 aromatic rings. The van der Waals surface area contributed by atoms with Gasteiger partial charge in [-0.05, 0) is 18.6 Å². The smallest absolute Gasteiger partial charge is 0.233 e. The van der Waals surface area contributed by atoms with Crippen LogP contribution in [0.5, 0.6) is 0 Å². The van der Waals surface area contributed by atoms with Crippen molar-refractivity contribution in [1.29, 1.82) is 0 Å². The number of hydrogen-bond donors (Lipinski definition) is 1. The molecule has 1 aliphatic rings. The molecule has 1 fully saturated rings. The molecule has 2 atom stereocenters. The zero-order valence-electron chi connectivity index (χ0n) is 10.3. The van der Waals surface area contributed by atoms with E-state index in [-0.39, 0.29) is 12.0 Å². The molecule has 2 heterocycles. The Labute approximate surface area is 119 Å². The van der Waals surface area contributed by atoms with E-state index in [9.17, 15) is 0 Å². The van der Waals surface area contributed by atoms with Crippen LogP contribution < -0.4 is 5.73 Å². The van der Waals surface area contributed by atoms with Crippen LogP contribution in [-0.2, 0) is 4.74 Å². The molecule has 0 saturated carbocycles. The molecule has 0 amide bonds. The minimum Gasteiger partial charge on any atom is -0.381 e. The maximum atomic E-state index is 6.07. The van der Waals surface area contributed by atoms with Crippen molar-refractivity contribution in [3.63, 3.8) is 0 Å². The average Bonchev–Trinajstić information content (AvgIpc) is 2.89. The molecule has 1 aromatic carbocycles. The van der Waals surface area contributed by atoms with Gasteiger partial charge in [0.1, 0.15) is 0 Å². The number of halogens is 1. The fourth-order valence-electron chi connectivity index (χ4n) is 2.14. The molecule has 2 N–H and O–H groups in total. The Morgan fingerprint density at radius 2 is 2.26 bits per heavy atom. The second-order valence-corrected chi connectivity index (χ2v) is 5.52. The maximum Gasteiger partial charge on any atom is 0.233 e. The molecule has 1 saturated heterocycles. The van der Waals surface area contributed by atoms with E-state index in [0.717, 1.165) is 16.5 Å². The highest BCUT2D eigenvalue weighted by molar-refractivity contribution is 9.10. The summed E-state index contributed by atoms with van der Waals surface area (Å²) in [7, 11) is 0. The molecule has 19 heavy (non-hydrogen) atoms. The minimum absolute atomic E-state index is 0.0119. The monoisotopic (exact) mass is 323 g/mol. The van der Waals surface area contributed by atoms with Gasteiger partial charge >= 0.3 is 0 Å². The predicted molar refractivity (Wildman–Crippen MR) is 73.6 cm³/mol. The lowest BCUT2D eigenvalue weighted by molar-refractivity contribution is 0.0590. The highest BCUT2D eigenvalue weighted by atomic mass is 79.9. The molecular formula is C13H14BrN3O2. The van der Waals surface area contributed by atoms with E-state index >= 15 is 0 Å². The van der Waals surface area contributed by atoms with Crippen molar-refractivity contribution in [2.45, 2.75) is 18.4 Å². The second kappa shape index (κ2) is 5.40. The summed E-state index contributed by atoms with van der Waals surface area (Å²) in [6.45, 7) is 1.24. The van der Waals surface area contributed by atoms with Crippen LogP contribution >= 0.6 is 15.9 Å². The van der Waals surface area contributed by atoms with E-state index in [0.29, 0.717) is 24.9 Å². The number of nitrogens with two attached hydrogens (primary N) is 1. The molecule has 1 aliphatic heterocycles. The van der Waals surface area contributed by atoms with E-state index in [4.69, 9.17) is 15.0 Å². The van der Waals surface area contributed by atoms with Gasteiger partial charge in [0.15, 0.2) is 0 Å². The van der Waals surface area contributed by atoms with E-state index in [2.05, 4.69) is 26.1 Å². The molecule has 3 rings (SSSR count). The SMILES string of the molecule is NC1CCOCC1c1nc(-c2cccc(Br)c2)no1. The van der Waals surface area contributed by atoms with Gasteiger partial charge < -0.3 is 15.0 Å². The Morgan fingerprint density at radius 1 is 1.37 bits per heavy atom. The number of nitrogens with zero attached hydrogens (tertiary/aromatic N) is 2. The third kappa shape index (κ3) is 2.70. The van der Waals surface area contributed by atoms with Crippen LogP contribution in [0.15, 0.2) is 33.3 Å². The molecule has 0 bridgehead atoms. The highest BCUT2D eigenvalue weighted by Crippen LogP contribution is 2.26. The topological polar surface area (TPSA) is 74.2 Å². The minimum atomic E-state index is -0.0119. The first-order chi connectivity index (χ1) is 9.24. The van der Waals surface area contributed by atoms with Crippen molar-refractivity contribution in [2.75, 3.05) is 13.2 Å². The summed E-state index contributed by atoms with van der Waals surface area (Å²) in [6.07, 6.45) is 0.819. The van der Waals surface area contributed by atoms with Crippen molar-refractivity contribution in [3.8, 4) is 11.4 Å². The normalized spacial score (nSPS) is 23.5. The first-order valence-corrected chi connectivity index (χ1v) is 6.96. The average molecular weight is 324 g/mol. The van der Waals surface area contributed by atoms with Crippen molar-refractivity contribution in [1.82, 2.24) is 10.1 Å². The summed E-state index contributed by atoms with van der Waals surface area (Å²) in [5.41, 5.74) is 6.98. The zero-order valence-corrected chi connectivity index (χ0v) is 11.8. The van der Waals surface area contributed by atoms with Gasteiger partial charge in [-0.25, -0.2) is 0 Å². The van der Waals surface area contributed by atoms with Crippen molar-refractivity contribution in [3.05, 3.63) is 34.6 Å². The van der Waals surface area contributed by atoms with E-state index in [1.165, 1.54) is 0 Å². The summed E-state index contributed by atoms with van der Waals surface area (Å²) in [4.78, 5) is 4.44. The maximum absolute atomic E-state index is 6.07. The van der Waals surface area contributed by atoms with Crippen LogP contribution in [0.1, 0.15) is 18.2 Å². The van der Waals surface area contributed by atoms with Gasteiger partial charge in [0.2, 0.25) is 11.7 Å². The Hall–Kier alpha value is -1.24. The van der Waals surface area contributed by atoms with Crippen molar-refractivity contribution in [2.24, 2.45) is 5.73 Å². The molecule has 6 heteroatoms. The Balaban J connectivity index is 1.86. The van der Waals surface area contributed by atoms with E-state index in [1.807, 2.05) is 24.3 Å². The third-order valence-electron chi connectivity index (χ3n) is 3.25. The van der Waals surface area contributed by atoms with Crippen LogP contribution in [0, 0.1) is 0 Å². The number of benzene rings is 1. The van der Waals surface area contributed by atoms with Gasteiger partial charge in [-0.1, -0.05) is 33.2 Å². The highest BCUT2D eigenvalue weighted by Gasteiger charge is 2.29. The quantitative estimate of drug-likeness (QED) is 0.918. The Morgan fingerprint density at radius 3 is 3.05 bits per heavy atom. The fourth-order valence-corrected chi connectivity index (χ4v) is 2.54. The molecule has 1 aromatic heterocycles. The summed E-state index contributed by atoms with van der Waals surface area (Å²) in [5.74, 6) is 1.12. The summed E-state index contributed by atoms with van der Waals surface area (Å²) < 4.78 is 11.7. The Bertz CT molecular complexity index is 573. The second-order valence-electron chi connectivity index (χ2n) is 4.60. The van der Waals surface area contributed by atoms with Gasteiger partial charge in [-0.15, -0.1) is 0 Å². The Kier molecular flexibility index (Phi) is 3.63. The van der Waals surface area contributed by atoms with Crippen LogP contribution in [0.2, 0.25) is 0 Å². The molecule has 100 valence electrons. The molecule has 0 aliphatic carbocycles. The van der Waals surface area contributed by atoms with Gasteiger partial charge in [-0.3, -0.25) is 0 Å². The van der Waals surface area contributed by atoms with Gasteiger partial charge in [0.05, 0.1) is 12.5 Å². The molecular weight excluding hydrogens is 310 g/mol. The lowest BCUT2D eigenvalue weighted by atomic mass is 9.97. The summed E-state index contributed by atoms with van der Waals surface area (Å²) >= 11 is 3.43. The molecule has 0 radical (unpaired) electrons. The van der Waals surface area contributed by atoms with Gasteiger partial charge in [0.25, 0.3) is 0 Å². The third-order valence-corrected chi connectivity index (χ3v) is 3.74. The van der Waals surface area contributed by atoms with Crippen LogP contribution in [0.4, 0.5) is 0 Å².